The summed E-state index contributed by atoms with van der Waals surface area (Å²) in [6, 6.07) is 79.4. The molecule has 3 heterocycles. The topological polar surface area (TPSA) is 46.8 Å². The van der Waals surface area contributed by atoms with Gasteiger partial charge in [0, 0.05) is 48.6 Å². The molecule has 0 aliphatic carbocycles. The van der Waals surface area contributed by atoms with Crippen molar-refractivity contribution in [1.82, 2.24) is 19.5 Å². The smallest absolute Gasteiger partial charge is 0.164 e. The van der Waals surface area contributed by atoms with Gasteiger partial charge in [-0.15, -0.1) is 0 Å². The summed E-state index contributed by atoms with van der Waals surface area (Å²) >= 11 is 1.84. The third-order valence-corrected chi connectivity index (χ3v) is 12.9. The standard InChI is InChI=1S/C57H37N5S/c1-4-16-38(17-5-1)41-22-14-24-45(34-41)62-51-28-12-13-29-53(51)63-54-37-43(31-33-52(54)62)42-30-32-50-48(36-42)47-26-10-11-27-49(47)61(50)46-25-15-23-44(35-46)57-59-55(39-18-6-2-7-19-39)58-56(60-57)40-20-8-3-9-21-40/h1-37H. The van der Waals surface area contributed by atoms with Crippen LogP contribution in [0.15, 0.2) is 234 Å². The number of hydrogen-bond acceptors (Lipinski definition) is 5. The largest absolute Gasteiger partial charge is 0.309 e. The van der Waals surface area contributed by atoms with Gasteiger partial charge >= 0.3 is 0 Å². The van der Waals surface area contributed by atoms with Crippen molar-refractivity contribution in [3.8, 4) is 62.1 Å². The predicted molar refractivity (Wildman–Crippen MR) is 260 cm³/mol. The summed E-state index contributed by atoms with van der Waals surface area (Å²) in [5.74, 6) is 1.91. The van der Waals surface area contributed by atoms with E-state index in [4.69, 9.17) is 15.0 Å². The third kappa shape index (κ3) is 6.65. The van der Waals surface area contributed by atoms with Crippen molar-refractivity contribution < 1.29 is 0 Å². The highest BCUT2D eigenvalue weighted by Gasteiger charge is 2.26. The Bertz CT molecular complexity index is 3430. The Morgan fingerprint density at radius 1 is 0.302 bits per heavy atom. The minimum Gasteiger partial charge on any atom is -0.309 e. The van der Waals surface area contributed by atoms with Gasteiger partial charge in [-0.25, -0.2) is 15.0 Å². The quantitative estimate of drug-likeness (QED) is 0.160. The fourth-order valence-corrected chi connectivity index (χ4v) is 9.92. The van der Waals surface area contributed by atoms with E-state index in [0.29, 0.717) is 17.5 Å². The lowest BCUT2D eigenvalue weighted by atomic mass is 10.0. The highest BCUT2D eigenvalue weighted by molar-refractivity contribution is 7.99. The molecule has 2 aromatic heterocycles. The Balaban J connectivity index is 0.945. The number of aromatic nitrogens is 4. The van der Waals surface area contributed by atoms with Gasteiger partial charge < -0.3 is 9.47 Å². The number of rotatable bonds is 7. The Morgan fingerprint density at radius 2 is 0.810 bits per heavy atom. The van der Waals surface area contributed by atoms with E-state index < -0.39 is 0 Å². The summed E-state index contributed by atoms with van der Waals surface area (Å²) in [5.41, 5.74) is 14.4. The maximum atomic E-state index is 5.04. The second-order valence-electron chi connectivity index (χ2n) is 15.7. The van der Waals surface area contributed by atoms with Gasteiger partial charge in [0.25, 0.3) is 0 Å². The van der Waals surface area contributed by atoms with Gasteiger partial charge in [0.05, 0.1) is 22.4 Å². The summed E-state index contributed by atoms with van der Waals surface area (Å²) in [7, 11) is 0. The first-order valence-electron chi connectivity index (χ1n) is 21.1. The van der Waals surface area contributed by atoms with Crippen molar-refractivity contribution in [2.45, 2.75) is 9.79 Å². The molecular formula is C57H37N5S. The van der Waals surface area contributed by atoms with Crippen LogP contribution < -0.4 is 4.90 Å². The third-order valence-electron chi connectivity index (χ3n) is 11.8. The molecular weight excluding hydrogens is 787 g/mol. The number of anilines is 3. The predicted octanol–water partition coefficient (Wildman–Crippen LogP) is 15.2. The molecule has 6 heteroatoms. The number of nitrogens with zero attached hydrogens (tertiary/aromatic N) is 5. The maximum Gasteiger partial charge on any atom is 0.164 e. The molecule has 1 aliphatic heterocycles. The molecule has 296 valence electrons. The normalized spacial score (nSPS) is 12.0. The molecule has 0 unspecified atom stereocenters. The molecule has 5 nitrogen and oxygen atoms in total. The van der Waals surface area contributed by atoms with E-state index in [-0.39, 0.29) is 0 Å². The monoisotopic (exact) mass is 823 g/mol. The van der Waals surface area contributed by atoms with Gasteiger partial charge in [-0.2, -0.15) is 0 Å². The molecule has 0 saturated heterocycles. The Kier molecular flexibility index (Phi) is 9.01. The van der Waals surface area contributed by atoms with Crippen LogP contribution in [0, 0.1) is 0 Å². The Hall–Kier alpha value is -8.06. The van der Waals surface area contributed by atoms with Crippen molar-refractivity contribution in [3.63, 3.8) is 0 Å². The average molecular weight is 824 g/mol. The first-order chi connectivity index (χ1) is 31.2. The van der Waals surface area contributed by atoms with Gasteiger partial charge in [-0.3, -0.25) is 0 Å². The Labute approximate surface area is 369 Å². The highest BCUT2D eigenvalue weighted by Crippen LogP contribution is 2.52. The van der Waals surface area contributed by atoms with Crippen LogP contribution in [0.4, 0.5) is 17.1 Å². The first kappa shape index (κ1) is 36.8. The fraction of sp³-hybridized carbons (Fsp3) is 0. The van der Waals surface area contributed by atoms with Crippen molar-refractivity contribution in [2.24, 2.45) is 0 Å². The van der Waals surface area contributed by atoms with Crippen LogP contribution in [0.1, 0.15) is 0 Å². The maximum absolute atomic E-state index is 5.04. The van der Waals surface area contributed by atoms with E-state index in [1.165, 1.54) is 54.2 Å². The number of hydrogen-bond donors (Lipinski definition) is 0. The van der Waals surface area contributed by atoms with Crippen molar-refractivity contribution >= 4 is 50.6 Å². The van der Waals surface area contributed by atoms with E-state index in [2.05, 4.69) is 173 Å². The van der Waals surface area contributed by atoms with E-state index in [1.807, 2.05) is 72.4 Å². The van der Waals surface area contributed by atoms with Gasteiger partial charge in [0.2, 0.25) is 0 Å². The molecule has 0 spiro atoms. The summed E-state index contributed by atoms with van der Waals surface area (Å²) in [4.78, 5) is 19.9. The SMILES string of the molecule is c1ccc(-c2cccc(N3c4ccccc4Sc4cc(-c5ccc6c(c5)c5ccccc5n6-c5cccc(-c6nc(-c7ccccc7)nc(-c7ccccc7)n6)c5)ccc43)c2)cc1. The van der Waals surface area contributed by atoms with Crippen LogP contribution in [0.5, 0.6) is 0 Å². The molecule has 0 saturated carbocycles. The lowest BCUT2D eigenvalue weighted by Gasteiger charge is -2.33. The average Bonchev–Trinajstić information content (AvgIpc) is 3.70. The van der Waals surface area contributed by atoms with Gasteiger partial charge in [0.1, 0.15) is 0 Å². The zero-order valence-electron chi connectivity index (χ0n) is 34.0. The zero-order chi connectivity index (χ0) is 41.7. The van der Waals surface area contributed by atoms with Crippen molar-refractivity contribution in [2.75, 3.05) is 4.90 Å². The van der Waals surface area contributed by atoms with Crippen LogP contribution in [-0.4, -0.2) is 19.5 Å². The summed E-state index contributed by atoms with van der Waals surface area (Å²) in [6.45, 7) is 0. The summed E-state index contributed by atoms with van der Waals surface area (Å²) in [5, 5.41) is 2.39. The minimum atomic E-state index is 0.628. The molecule has 0 radical (unpaired) electrons. The molecule has 63 heavy (non-hydrogen) atoms. The summed E-state index contributed by atoms with van der Waals surface area (Å²) in [6.07, 6.45) is 0. The zero-order valence-corrected chi connectivity index (χ0v) is 34.8. The molecule has 0 fully saturated rings. The highest BCUT2D eigenvalue weighted by atomic mass is 32.2. The van der Waals surface area contributed by atoms with E-state index in [9.17, 15) is 0 Å². The van der Waals surface area contributed by atoms with E-state index >= 15 is 0 Å². The lowest BCUT2D eigenvalue weighted by Crippen LogP contribution is -2.14. The van der Waals surface area contributed by atoms with Gasteiger partial charge in [-0.05, 0) is 89.0 Å². The van der Waals surface area contributed by atoms with Gasteiger partial charge in [0.15, 0.2) is 17.5 Å². The van der Waals surface area contributed by atoms with Crippen molar-refractivity contribution in [3.05, 3.63) is 224 Å². The Morgan fingerprint density at radius 3 is 1.56 bits per heavy atom. The van der Waals surface area contributed by atoms with Crippen LogP contribution in [0.25, 0.3) is 83.9 Å². The lowest BCUT2D eigenvalue weighted by molar-refractivity contribution is 1.07. The molecule has 11 aromatic rings. The first-order valence-corrected chi connectivity index (χ1v) is 21.9. The number of para-hydroxylation sites is 2. The van der Waals surface area contributed by atoms with E-state index in [0.717, 1.165) is 39.1 Å². The van der Waals surface area contributed by atoms with Crippen molar-refractivity contribution in [1.29, 1.82) is 0 Å². The van der Waals surface area contributed by atoms with E-state index in [1.54, 1.807) is 0 Å². The molecule has 1 aliphatic rings. The molecule has 0 bridgehead atoms. The molecule has 12 rings (SSSR count). The molecule has 9 aromatic carbocycles. The second kappa shape index (κ2) is 15.4. The van der Waals surface area contributed by atoms with Crippen LogP contribution in [-0.2, 0) is 0 Å². The van der Waals surface area contributed by atoms with Crippen LogP contribution >= 0.6 is 11.8 Å². The van der Waals surface area contributed by atoms with Crippen LogP contribution in [0.2, 0.25) is 0 Å². The molecule has 0 atom stereocenters. The second-order valence-corrected chi connectivity index (χ2v) is 16.8. The number of fused-ring (bicyclic) bond motifs is 5. The van der Waals surface area contributed by atoms with Crippen LogP contribution in [0.3, 0.4) is 0 Å². The van der Waals surface area contributed by atoms with Gasteiger partial charge in [-0.1, -0.05) is 169 Å². The summed E-state index contributed by atoms with van der Waals surface area (Å²) < 4.78 is 2.36. The fourth-order valence-electron chi connectivity index (χ4n) is 8.82. The molecule has 0 N–H and O–H groups in total. The number of benzene rings is 9. The minimum absolute atomic E-state index is 0.628. The molecule has 0 amide bonds.